The number of amides is 2. The smallest absolute Gasteiger partial charge is 0.437 e. The molecule has 0 saturated carbocycles. The van der Waals surface area contributed by atoms with Gasteiger partial charge in [-0.1, -0.05) is 18.2 Å². The van der Waals surface area contributed by atoms with E-state index in [1.807, 2.05) is 0 Å². The van der Waals surface area contributed by atoms with Crippen LogP contribution in [0, 0.1) is 6.92 Å². The number of esters is 2. The lowest BCUT2D eigenvalue weighted by Crippen LogP contribution is -2.47. The maximum atomic E-state index is 12.7. The lowest BCUT2D eigenvalue weighted by molar-refractivity contribution is -0.144. The monoisotopic (exact) mass is 482 g/mol. The molecule has 2 amide bonds. The number of carbonyl (C=O) groups excluding carboxylic acids is 3. The molecule has 4 rings (SSSR count). The molecule has 0 spiro atoms. The highest BCUT2D eigenvalue weighted by atomic mass is 16.5. The van der Waals surface area contributed by atoms with E-state index < -0.39 is 42.9 Å². The number of hydrogen-bond acceptors (Lipinski definition) is 9. The summed E-state index contributed by atoms with van der Waals surface area (Å²) < 4.78 is 21.9. The number of carbonyl (C=O) groups is 3. The molecule has 0 aliphatic carbocycles. The van der Waals surface area contributed by atoms with Crippen molar-refractivity contribution in [1.82, 2.24) is 20.4 Å². The third-order valence-electron chi connectivity index (χ3n) is 4.98. The molecule has 35 heavy (non-hydrogen) atoms. The van der Waals surface area contributed by atoms with Crippen LogP contribution >= 0.6 is 0 Å². The van der Waals surface area contributed by atoms with Crippen LogP contribution in [0.15, 0.2) is 67.4 Å². The second-order valence-corrected chi connectivity index (χ2v) is 7.45. The van der Waals surface area contributed by atoms with Gasteiger partial charge < -0.3 is 28.9 Å². The van der Waals surface area contributed by atoms with E-state index in [0.717, 1.165) is 4.68 Å². The van der Waals surface area contributed by atoms with Gasteiger partial charge in [-0.25, -0.2) is 14.4 Å². The van der Waals surface area contributed by atoms with Crippen molar-refractivity contribution in [3.8, 4) is 11.5 Å². The van der Waals surface area contributed by atoms with Crippen LogP contribution in [0.2, 0.25) is 0 Å². The van der Waals surface area contributed by atoms with Gasteiger partial charge in [0.2, 0.25) is 5.89 Å². The molecule has 182 valence electrons. The number of urea groups is 1. The molecule has 3 heterocycles. The van der Waals surface area contributed by atoms with Gasteiger partial charge in [0.1, 0.15) is 30.7 Å². The SMILES string of the molecule is CCOC(=O)C1=C(COC(=O)Cn2nc(-c3ccccc3)oc2=O)NC(=O)NC1c1ccc(C)o1. The van der Waals surface area contributed by atoms with Crippen LogP contribution in [-0.4, -0.2) is 41.0 Å². The predicted molar refractivity (Wildman–Crippen MR) is 119 cm³/mol. The number of ether oxygens (including phenoxy) is 2. The Bertz CT molecular complexity index is 1330. The van der Waals surface area contributed by atoms with E-state index in [4.69, 9.17) is 18.3 Å². The first kappa shape index (κ1) is 23.5. The molecule has 0 saturated heterocycles. The van der Waals surface area contributed by atoms with Gasteiger partial charge in [-0.2, -0.15) is 4.68 Å². The molecule has 1 aliphatic rings. The lowest BCUT2D eigenvalue weighted by atomic mass is 10.0. The molecule has 1 atom stereocenters. The average Bonchev–Trinajstić information content (AvgIpc) is 3.43. The van der Waals surface area contributed by atoms with E-state index >= 15 is 0 Å². The zero-order chi connectivity index (χ0) is 24.9. The van der Waals surface area contributed by atoms with Crippen LogP contribution in [0.4, 0.5) is 4.79 Å². The Morgan fingerprint density at radius 2 is 1.86 bits per heavy atom. The highest BCUT2D eigenvalue weighted by molar-refractivity contribution is 5.95. The third-order valence-corrected chi connectivity index (χ3v) is 4.98. The number of nitrogens with one attached hydrogen (secondary N) is 2. The summed E-state index contributed by atoms with van der Waals surface area (Å²) in [7, 11) is 0. The largest absolute Gasteiger partial charge is 0.464 e. The Morgan fingerprint density at radius 1 is 1.09 bits per heavy atom. The molecule has 0 fully saturated rings. The van der Waals surface area contributed by atoms with Crippen LogP contribution in [-0.2, 0) is 25.6 Å². The highest BCUT2D eigenvalue weighted by Crippen LogP contribution is 2.29. The summed E-state index contributed by atoms with van der Waals surface area (Å²) in [6.45, 7) is 2.45. The summed E-state index contributed by atoms with van der Waals surface area (Å²) in [5.74, 6) is -1.45. The Hall–Kier alpha value is -4.61. The van der Waals surface area contributed by atoms with Crippen LogP contribution in [0.25, 0.3) is 11.5 Å². The van der Waals surface area contributed by atoms with Gasteiger partial charge in [0.05, 0.1) is 17.9 Å². The quantitative estimate of drug-likeness (QED) is 0.457. The Labute approximate surface area is 198 Å². The Morgan fingerprint density at radius 3 is 2.54 bits per heavy atom. The fourth-order valence-electron chi connectivity index (χ4n) is 3.43. The molecule has 3 aromatic rings. The Balaban J connectivity index is 1.52. The molecular weight excluding hydrogens is 460 g/mol. The second kappa shape index (κ2) is 10.1. The van der Waals surface area contributed by atoms with Gasteiger partial charge in [-0.3, -0.25) is 4.79 Å². The van der Waals surface area contributed by atoms with Crippen molar-refractivity contribution in [2.24, 2.45) is 0 Å². The summed E-state index contributed by atoms with van der Waals surface area (Å²) in [6.07, 6.45) is 0. The fourth-order valence-corrected chi connectivity index (χ4v) is 3.43. The molecule has 0 radical (unpaired) electrons. The van der Waals surface area contributed by atoms with E-state index in [1.54, 1.807) is 56.3 Å². The molecule has 1 aliphatic heterocycles. The predicted octanol–water partition coefficient (Wildman–Crippen LogP) is 1.82. The van der Waals surface area contributed by atoms with Gasteiger partial charge in [0, 0.05) is 5.56 Å². The number of furan rings is 1. The van der Waals surface area contributed by atoms with E-state index in [2.05, 4.69) is 15.7 Å². The van der Waals surface area contributed by atoms with Crippen molar-refractivity contribution in [1.29, 1.82) is 0 Å². The van der Waals surface area contributed by atoms with E-state index in [9.17, 15) is 19.2 Å². The van der Waals surface area contributed by atoms with Crippen molar-refractivity contribution >= 4 is 18.0 Å². The minimum absolute atomic E-state index is 0.0251. The summed E-state index contributed by atoms with van der Waals surface area (Å²) in [5.41, 5.74) is 0.619. The number of hydrogen-bond donors (Lipinski definition) is 2. The second-order valence-electron chi connectivity index (χ2n) is 7.45. The number of nitrogens with zero attached hydrogens (tertiary/aromatic N) is 2. The molecular formula is C23H22N4O8. The first-order chi connectivity index (χ1) is 16.9. The molecule has 12 heteroatoms. The van der Waals surface area contributed by atoms with Crippen LogP contribution < -0.4 is 16.4 Å². The highest BCUT2D eigenvalue weighted by Gasteiger charge is 2.36. The summed E-state index contributed by atoms with van der Waals surface area (Å²) in [6, 6.07) is 10.4. The maximum absolute atomic E-state index is 12.7. The van der Waals surface area contributed by atoms with Crippen molar-refractivity contribution in [2.45, 2.75) is 26.4 Å². The van der Waals surface area contributed by atoms with E-state index in [-0.39, 0.29) is 23.8 Å². The van der Waals surface area contributed by atoms with E-state index in [0.29, 0.717) is 17.1 Å². The maximum Gasteiger partial charge on any atom is 0.437 e. The lowest BCUT2D eigenvalue weighted by Gasteiger charge is -2.27. The molecule has 1 aromatic carbocycles. The van der Waals surface area contributed by atoms with Crippen molar-refractivity contribution in [3.63, 3.8) is 0 Å². The number of rotatable bonds is 8. The normalized spacial score (nSPS) is 15.4. The van der Waals surface area contributed by atoms with E-state index in [1.165, 1.54) is 0 Å². The number of aromatic nitrogens is 2. The zero-order valence-electron chi connectivity index (χ0n) is 18.9. The van der Waals surface area contributed by atoms with Crippen molar-refractivity contribution in [2.75, 3.05) is 13.2 Å². The number of aryl methyl sites for hydroxylation is 1. The first-order valence-corrected chi connectivity index (χ1v) is 10.7. The van der Waals surface area contributed by atoms with Crippen molar-refractivity contribution in [3.05, 3.63) is 75.8 Å². The summed E-state index contributed by atoms with van der Waals surface area (Å²) >= 11 is 0. The summed E-state index contributed by atoms with van der Waals surface area (Å²) in [4.78, 5) is 49.5. The minimum atomic E-state index is -0.947. The van der Waals surface area contributed by atoms with Gasteiger partial charge in [0.15, 0.2) is 0 Å². The molecule has 0 bridgehead atoms. The first-order valence-electron chi connectivity index (χ1n) is 10.7. The number of benzene rings is 1. The Kier molecular flexibility index (Phi) is 6.81. The van der Waals surface area contributed by atoms with Crippen LogP contribution in [0.1, 0.15) is 24.5 Å². The molecule has 2 N–H and O–H groups in total. The molecule has 1 unspecified atom stereocenters. The molecule has 2 aromatic heterocycles. The minimum Gasteiger partial charge on any atom is -0.464 e. The molecule has 12 nitrogen and oxygen atoms in total. The third kappa shape index (κ3) is 5.32. The van der Waals surface area contributed by atoms with Gasteiger partial charge in [-0.15, -0.1) is 5.10 Å². The van der Waals surface area contributed by atoms with Crippen LogP contribution in [0.3, 0.4) is 0 Å². The van der Waals surface area contributed by atoms with Gasteiger partial charge in [0.25, 0.3) is 0 Å². The van der Waals surface area contributed by atoms with Crippen LogP contribution in [0.5, 0.6) is 0 Å². The van der Waals surface area contributed by atoms with Gasteiger partial charge >= 0.3 is 23.7 Å². The summed E-state index contributed by atoms with van der Waals surface area (Å²) in [5, 5.41) is 9.09. The topological polar surface area (TPSA) is 155 Å². The zero-order valence-corrected chi connectivity index (χ0v) is 18.9. The van der Waals surface area contributed by atoms with Gasteiger partial charge in [-0.05, 0) is 38.1 Å². The fraction of sp³-hybridized carbons (Fsp3) is 0.261. The van der Waals surface area contributed by atoms with Crippen molar-refractivity contribution < 1.29 is 32.7 Å². The standard InChI is InChI=1S/C23H22N4O8/c1-3-32-21(29)18-15(24-22(30)25-19(18)16-10-9-13(2)34-16)12-33-17(28)11-27-23(31)35-20(26-27)14-7-5-4-6-8-14/h4-10,19H,3,11-12H2,1-2H3,(H2,24,25,30). The average molecular weight is 482 g/mol.